The van der Waals surface area contributed by atoms with Crippen molar-refractivity contribution < 1.29 is 4.39 Å². The molecule has 19 heavy (non-hydrogen) atoms. The van der Waals surface area contributed by atoms with Crippen LogP contribution in [0.3, 0.4) is 0 Å². The van der Waals surface area contributed by atoms with E-state index in [2.05, 4.69) is 37.4 Å². The van der Waals surface area contributed by atoms with Gasteiger partial charge in [0.25, 0.3) is 0 Å². The van der Waals surface area contributed by atoms with Crippen LogP contribution in [0.25, 0.3) is 0 Å². The van der Waals surface area contributed by atoms with Crippen molar-refractivity contribution in [2.45, 2.75) is 39.4 Å². The second kappa shape index (κ2) is 5.97. The molecular weight excluding hydrogens is 241 g/mol. The first-order chi connectivity index (χ1) is 9.10. The van der Waals surface area contributed by atoms with Gasteiger partial charge in [-0.15, -0.1) is 0 Å². The molecule has 2 atom stereocenters. The molecule has 0 saturated heterocycles. The van der Waals surface area contributed by atoms with E-state index in [-0.39, 0.29) is 17.9 Å². The van der Waals surface area contributed by atoms with Gasteiger partial charge >= 0.3 is 0 Å². The lowest BCUT2D eigenvalue weighted by Gasteiger charge is -2.19. The number of nitrogens with one attached hydrogen (secondary N) is 1. The molecule has 2 rings (SSSR count). The number of aromatic nitrogens is 2. The average Bonchev–Trinajstić information content (AvgIpc) is 2.88. The number of aryl methyl sites for hydroxylation is 1. The lowest BCUT2D eigenvalue weighted by molar-refractivity contribution is 0.493. The fraction of sp³-hybridized carbons (Fsp3) is 0.400. The van der Waals surface area contributed by atoms with Crippen LogP contribution in [0.2, 0.25) is 0 Å². The van der Waals surface area contributed by atoms with Crippen LogP contribution < -0.4 is 5.32 Å². The van der Waals surface area contributed by atoms with Gasteiger partial charge < -0.3 is 5.32 Å². The van der Waals surface area contributed by atoms with E-state index in [0.29, 0.717) is 0 Å². The van der Waals surface area contributed by atoms with Crippen LogP contribution in [0.1, 0.15) is 44.0 Å². The second-order valence-corrected chi connectivity index (χ2v) is 4.79. The van der Waals surface area contributed by atoms with Gasteiger partial charge in [-0.2, -0.15) is 5.10 Å². The van der Waals surface area contributed by atoms with Gasteiger partial charge in [-0.3, -0.25) is 4.68 Å². The van der Waals surface area contributed by atoms with Crippen molar-refractivity contribution in [3.8, 4) is 0 Å². The lowest BCUT2D eigenvalue weighted by atomic mass is 10.1. The average molecular weight is 261 g/mol. The first-order valence-electron chi connectivity index (χ1n) is 6.64. The highest BCUT2D eigenvalue weighted by atomic mass is 19.1. The lowest BCUT2D eigenvalue weighted by Crippen LogP contribution is -2.22. The summed E-state index contributed by atoms with van der Waals surface area (Å²) in [7, 11) is 0. The van der Waals surface area contributed by atoms with Crippen molar-refractivity contribution in [1.82, 2.24) is 15.1 Å². The van der Waals surface area contributed by atoms with Gasteiger partial charge in [-0.05, 0) is 38.5 Å². The molecule has 1 aromatic carbocycles. The highest BCUT2D eigenvalue weighted by Crippen LogP contribution is 2.19. The Morgan fingerprint density at radius 1 is 1.16 bits per heavy atom. The SMILES string of the molecule is CCn1cc(C(C)N[C@@H](C)c2ccc(F)cc2)cn1. The summed E-state index contributed by atoms with van der Waals surface area (Å²) in [6.07, 6.45) is 3.94. The van der Waals surface area contributed by atoms with E-state index < -0.39 is 0 Å². The maximum atomic E-state index is 12.9. The molecule has 0 aliphatic carbocycles. The van der Waals surface area contributed by atoms with Crippen LogP contribution in [0.5, 0.6) is 0 Å². The van der Waals surface area contributed by atoms with E-state index in [9.17, 15) is 4.39 Å². The summed E-state index contributed by atoms with van der Waals surface area (Å²) in [4.78, 5) is 0. The molecule has 0 bridgehead atoms. The molecule has 102 valence electrons. The Hall–Kier alpha value is -1.68. The Morgan fingerprint density at radius 2 is 1.79 bits per heavy atom. The van der Waals surface area contributed by atoms with Gasteiger partial charge in [-0.25, -0.2) is 4.39 Å². The van der Waals surface area contributed by atoms with Crippen molar-refractivity contribution >= 4 is 0 Å². The third-order valence-corrected chi connectivity index (χ3v) is 3.35. The van der Waals surface area contributed by atoms with Crippen molar-refractivity contribution in [2.75, 3.05) is 0 Å². The van der Waals surface area contributed by atoms with E-state index in [1.54, 1.807) is 0 Å². The number of nitrogens with zero attached hydrogens (tertiary/aromatic N) is 2. The third-order valence-electron chi connectivity index (χ3n) is 3.35. The van der Waals surface area contributed by atoms with Gasteiger partial charge in [0.15, 0.2) is 0 Å². The number of benzene rings is 1. The van der Waals surface area contributed by atoms with E-state index >= 15 is 0 Å². The summed E-state index contributed by atoms with van der Waals surface area (Å²) in [5.41, 5.74) is 2.24. The van der Waals surface area contributed by atoms with Gasteiger partial charge in [-0.1, -0.05) is 12.1 Å². The minimum absolute atomic E-state index is 0.167. The zero-order valence-electron chi connectivity index (χ0n) is 11.6. The minimum atomic E-state index is -0.201. The molecule has 1 unspecified atom stereocenters. The number of rotatable bonds is 5. The molecule has 1 N–H and O–H groups in total. The molecule has 0 fully saturated rings. The van der Waals surface area contributed by atoms with Gasteiger partial charge in [0, 0.05) is 30.4 Å². The fourth-order valence-electron chi connectivity index (χ4n) is 2.10. The molecule has 1 heterocycles. The van der Waals surface area contributed by atoms with Crippen LogP contribution in [-0.4, -0.2) is 9.78 Å². The van der Waals surface area contributed by atoms with Gasteiger partial charge in [0.05, 0.1) is 6.20 Å². The maximum Gasteiger partial charge on any atom is 0.123 e. The smallest absolute Gasteiger partial charge is 0.123 e. The Kier molecular flexibility index (Phi) is 4.32. The predicted octanol–water partition coefficient (Wildman–Crippen LogP) is 3.45. The molecular formula is C15H20FN3. The van der Waals surface area contributed by atoms with Crippen LogP contribution in [-0.2, 0) is 6.54 Å². The first-order valence-corrected chi connectivity index (χ1v) is 6.64. The minimum Gasteiger partial charge on any atom is -0.304 e. The van der Waals surface area contributed by atoms with Gasteiger partial charge in [0.1, 0.15) is 5.82 Å². The number of hydrogen-bond donors (Lipinski definition) is 1. The van der Waals surface area contributed by atoms with Crippen molar-refractivity contribution in [1.29, 1.82) is 0 Å². The van der Waals surface area contributed by atoms with Crippen molar-refractivity contribution in [3.63, 3.8) is 0 Å². The summed E-state index contributed by atoms with van der Waals surface area (Å²) in [5.74, 6) is -0.201. The summed E-state index contributed by atoms with van der Waals surface area (Å²) in [6, 6.07) is 6.99. The second-order valence-electron chi connectivity index (χ2n) is 4.79. The summed E-state index contributed by atoms with van der Waals surface area (Å²) in [5, 5.41) is 7.77. The van der Waals surface area contributed by atoms with E-state index in [4.69, 9.17) is 0 Å². The van der Waals surface area contributed by atoms with Crippen molar-refractivity contribution in [2.24, 2.45) is 0 Å². The molecule has 1 aromatic heterocycles. The molecule has 0 aliphatic rings. The summed E-state index contributed by atoms with van der Waals surface area (Å²) < 4.78 is 14.8. The first kappa shape index (κ1) is 13.7. The van der Waals surface area contributed by atoms with Crippen LogP contribution in [0.4, 0.5) is 4.39 Å². The van der Waals surface area contributed by atoms with Crippen LogP contribution in [0, 0.1) is 5.82 Å². The Balaban J connectivity index is 2.01. The molecule has 0 saturated carbocycles. The molecule has 3 nitrogen and oxygen atoms in total. The quantitative estimate of drug-likeness (QED) is 0.893. The van der Waals surface area contributed by atoms with Crippen molar-refractivity contribution in [3.05, 3.63) is 53.6 Å². The largest absolute Gasteiger partial charge is 0.304 e. The Labute approximate surface area is 113 Å². The number of hydrogen-bond acceptors (Lipinski definition) is 2. The highest BCUT2D eigenvalue weighted by molar-refractivity contribution is 5.20. The Bertz CT molecular complexity index is 518. The summed E-state index contributed by atoms with van der Waals surface area (Å²) in [6.45, 7) is 7.13. The molecule has 0 radical (unpaired) electrons. The molecule has 0 amide bonds. The maximum absolute atomic E-state index is 12.9. The zero-order valence-corrected chi connectivity index (χ0v) is 11.6. The van der Waals surface area contributed by atoms with E-state index in [1.807, 2.05) is 23.0 Å². The highest BCUT2D eigenvalue weighted by Gasteiger charge is 2.12. The van der Waals surface area contributed by atoms with E-state index in [0.717, 1.165) is 17.7 Å². The monoisotopic (exact) mass is 261 g/mol. The van der Waals surface area contributed by atoms with E-state index in [1.165, 1.54) is 12.1 Å². The molecule has 0 aliphatic heterocycles. The predicted molar refractivity (Wildman–Crippen MR) is 74.3 cm³/mol. The van der Waals surface area contributed by atoms with Crippen LogP contribution >= 0.6 is 0 Å². The van der Waals surface area contributed by atoms with Crippen LogP contribution in [0.15, 0.2) is 36.7 Å². The number of halogens is 1. The standard InChI is InChI=1S/C15H20FN3/c1-4-19-10-14(9-17-19)12(3)18-11(2)13-5-7-15(16)8-6-13/h5-12,18H,4H2,1-3H3/t11-,12?/m0/s1. The zero-order chi connectivity index (χ0) is 13.8. The van der Waals surface area contributed by atoms with Gasteiger partial charge in [0.2, 0.25) is 0 Å². The Morgan fingerprint density at radius 3 is 2.37 bits per heavy atom. The third kappa shape index (κ3) is 3.41. The normalized spacial score (nSPS) is 14.3. The molecule has 0 spiro atoms. The topological polar surface area (TPSA) is 29.9 Å². The summed E-state index contributed by atoms with van der Waals surface area (Å²) >= 11 is 0. The fourth-order valence-corrected chi connectivity index (χ4v) is 2.10. The molecule has 4 heteroatoms. The molecule has 2 aromatic rings.